The van der Waals surface area contributed by atoms with Crippen LogP contribution in [0.4, 0.5) is 4.79 Å². The molecule has 1 aromatic heterocycles. The third kappa shape index (κ3) is 3.30. The molecule has 0 saturated carbocycles. The Kier molecular flexibility index (Phi) is 4.73. The zero-order valence-corrected chi connectivity index (χ0v) is 15.5. The summed E-state index contributed by atoms with van der Waals surface area (Å²) in [6.45, 7) is 5.32. The van der Waals surface area contributed by atoms with Crippen molar-refractivity contribution in [3.63, 3.8) is 0 Å². The van der Waals surface area contributed by atoms with Gasteiger partial charge in [0, 0.05) is 17.1 Å². The largest absolute Gasteiger partial charge is 0.480 e. The van der Waals surface area contributed by atoms with Gasteiger partial charge in [0.15, 0.2) is 0 Å². The molecule has 1 N–H and O–H groups in total. The van der Waals surface area contributed by atoms with E-state index < -0.39 is 23.7 Å². The van der Waals surface area contributed by atoms with Crippen molar-refractivity contribution in [1.82, 2.24) is 9.47 Å². The Labute approximate surface area is 155 Å². The van der Waals surface area contributed by atoms with E-state index in [2.05, 4.69) is 4.57 Å². The second-order valence-electron chi connectivity index (χ2n) is 6.16. The van der Waals surface area contributed by atoms with Gasteiger partial charge < -0.3 is 9.67 Å². The quantitative estimate of drug-likeness (QED) is 0.833. The number of carbonyl (C=O) groups excluding carboxylic acids is 2. The van der Waals surface area contributed by atoms with E-state index in [1.54, 1.807) is 6.08 Å². The molecule has 6 nitrogen and oxygen atoms in total. The summed E-state index contributed by atoms with van der Waals surface area (Å²) in [6, 6.07) is 10.1. The summed E-state index contributed by atoms with van der Waals surface area (Å²) >= 11 is 0.766. The van der Waals surface area contributed by atoms with Crippen molar-refractivity contribution in [1.29, 1.82) is 0 Å². The molecule has 0 bridgehead atoms. The summed E-state index contributed by atoms with van der Waals surface area (Å²) in [6.07, 6.45) is 1.65. The number of thioether (sulfide) groups is 1. The molecule has 1 aliphatic rings. The fourth-order valence-corrected chi connectivity index (χ4v) is 3.77. The highest BCUT2D eigenvalue weighted by molar-refractivity contribution is 8.18. The number of imide groups is 1. The number of amides is 2. The highest BCUT2D eigenvalue weighted by Crippen LogP contribution is 2.33. The summed E-state index contributed by atoms with van der Waals surface area (Å²) < 4.78 is 2.08. The van der Waals surface area contributed by atoms with E-state index in [4.69, 9.17) is 5.11 Å². The first kappa shape index (κ1) is 18.0. The molecular weight excluding hydrogens is 352 g/mol. The topological polar surface area (TPSA) is 79.6 Å². The van der Waals surface area contributed by atoms with Gasteiger partial charge in [-0.25, -0.2) is 0 Å². The van der Waals surface area contributed by atoms with Gasteiger partial charge in [-0.1, -0.05) is 17.7 Å². The lowest BCUT2D eigenvalue weighted by molar-refractivity contribution is -0.140. The summed E-state index contributed by atoms with van der Waals surface area (Å²) in [5.74, 6) is -1.78. The molecule has 2 amide bonds. The lowest BCUT2D eigenvalue weighted by atomic mass is 10.2. The Morgan fingerprint density at radius 1 is 1.15 bits per heavy atom. The zero-order valence-electron chi connectivity index (χ0n) is 14.6. The fraction of sp³-hybridized carbons (Fsp3) is 0.211. The van der Waals surface area contributed by atoms with E-state index in [9.17, 15) is 14.4 Å². The predicted molar refractivity (Wildman–Crippen MR) is 100 cm³/mol. The molecule has 2 heterocycles. The van der Waals surface area contributed by atoms with E-state index in [1.165, 1.54) is 5.56 Å². The number of carbonyl (C=O) groups is 3. The smallest absolute Gasteiger partial charge is 0.323 e. The van der Waals surface area contributed by atoms with Crippen LogP contribution in [-0.2, 0) is 9.59 Å². The van der Waals surface area contributed by atoms with Gasteiger partial charge in [0.05, 0.1) is 4.91 Å². The van der Waals surface area contributed by atoms with Crippen LogP contribution in [-0.4, -0.2) is 38.2 Å². The number of carboxylic acids is 1. The Bertz CT molecular complexity index is 941. The molecule has 0 atom stereocenters. The van der Waals surface area contributed by atoms with Crippen LogP contribution in [0.3, 0.4) is 0 Å². The maximum atomic E-state index is 12.3. The SMILES string of the molecule is Cc1ccc(-n2c(C)cc(/C=C3\SC(=O)N(CC(=O)O)C3=O)c2C)cc1. The minimum Gasteiger partial charge on any atom is -0.480 e. The van der Waals surface area contributed by atoms with Crippen molar-refractivity contribution in [3.05, 3.63) is 57.8 Å². The molecule has 3 rings (SSSR count). The van der Waals surface area contributed by atoms with Gasteiger partial charge >= 0.3 is 5.97 Å². The molecule has 1 saturated heterocycles. The second-order valence-corrected chi connectivity index (χ2v) is 7.15. The number of nitrogens with zero attached hydrogens (tertiary/aromatic N) is 2. The van der Waals surface area contributed by atoms with Crippen LogP contribution in [0.2, 0.25) is 0 Å². The van der Waals surface area contributed by atoms with Crippen LogP contribution >= 0.6 is 11.8 Å². The van der Waals surface area contributed by atoms with Crippen LogP contribution in [0, 0.1) is 20.8 Å². The highest BCUT2D eigenvalue weighted by atomic mass is 32.2. The van der Waals surface area contributed by atoms with Gasteiger partial charge in [0.1, 0.15) is 6.54 Å². The van der Waals surface area contributed by atoms with Gasteiger partial charge in [-0.3, -0.25) is 19.3 Å². The number of carboxylic acid groups (broad SMARTS) is 1. The summed E-state index contributed by atoms with van der Waals surface area (Å²) in [7, 11) is 0. The summed E-state index contributed by atoms with van der Waals surface area (Å²) in [5, 5.41) is 8.28. The lowest BCUT2D eigenvalue weighted by Gasteiger charge is -2.10. The molecule has 1 aliphatic heterocycles. The average Bonchev–Trinajstić information content (AvgIpc) is 2.99. The Morgan fingerprint density at radius 2 is 1.81 bits per heavy atom. The van der Waals surface area contributed by atoms with Gasteiger partial charge in [-0.05, 0) is 62.4 Å². The van der Waals surface area contributed by atoms with Crippen molar-refractivity contribution < 1.29 is 19.5 Å². The number of hydrogen-bond acceptors (Lipinski definition) is 4. The Balaban J connectivity index is 1.96. The molecule has 1 aromatic carbocycles. The number of rotatable bonds is 4. The van der Waals surface area contributed by atoms with Crippen molar-refractivity contribution in [2.24, 2.45) is 0 Å². The van der Waals surface area contributed by atoms with Gasteiger partial charge in [0.25, 0.3) is 11.1 Å². The molecule has 0 aliphatic carbocycles. The molecule has 1 fully saturated rings. The number of benzene rings is 1. The van der Waals surface area contributed by atoms with E-state index in [0.717, 1.165) is 39.3 Å². The van der Waals surface area contributed by atoms with Crippen molar-refractivity contribution in [2.45, 2.75) is 20.8 Å². The number of aliphatic carboxylic acids is 1. The molecular formula is C19H18N2O4S. The van der Waals surface area contributed by atoms with Gasteiger partial charge in [-0.15, -0.1) is 0 Å². The minimum absolute atomic E-state index is 0.236. The van der Waals surface area contributed by atoms with Crippen LogP contribution < -0.4 is 0 Å². The van der Waals surface area contributed by atoms with Crippen LogP contribution in [0.25, 0.3) is 11.8 Å². The number of aromatic nitrogens is 1. The zero-order chi connectivity index (χ0) is 19.0. The second kappa shape index (κ2) is 6.84. The molecule has 134 valence electrons. The maximum absolute atomic E-state index is 12.3. The Hall–Kier alpha value is -2.80. The van der Waals surface area contributed by atoms with Gasteiger partial charge in [0.2, 0.25) is 0 Å². The predicted octanol–water partition coefficient (Wildman–Crippen LogP) is 3.52. The monoisotopic (exact) mass is 370 g/mol. The van der Waals surface area contributed by atoms with E-state index in [-0.39, 0.29) is 4.91 Å². The molecule has 2 aromatic rings. The number of hydrogen-bond donors (Lipinski definition) is 1. The average molecular weight is 370 g/mol. The summed E-state index contributed by atoms with van der Waals surface area (Å²) in [4.78, 5) is 36.0. The van der Waals surface area contributed by atoms with E-state index in [1.807, 2.05) is 51.1 Å². The lowest BCUT2D eigenvalue weighted by Crippen LogP contribution is -2.33. The maximum Gasteiger partial charge on any atom is 0.323 e. The first-order valence-electron chi connectivity index (χ1n) is 8.01. The third-order valence-electron chi connectivity index (χ3n) is 4.22. The molecule has 0 radical (unpaired) electrons. The number of aryl methyl sites for hydroxylation is 2. The molecule has 7 heteroatoms. The minimum atomic E-state index is -1.22. The fourth-order valence-electron chi connectivity index (χ4n) is 2.94. The van der Waals surface area contributed by atoms with Crippen LogP contribution in [0.1, 0.15) is 22.5 Å². The standard InChI is InChI=1S/C19H18N2O4S/c1-11-4-6-15(7-5-11)21-12(2)8-14(13(21)3)9-16-18(24)20(10-17(22)23)19(25)26-16/h4-9H,10H2,1-3H3,(H,22,23)/b16-9-. The van der Waals surface area contributed by atoms with Gasteiger partial charge in [-0.2, -0.15) is 0 Å². The first-order chi connectivity index (χ1) is 12.3. The summed E-state index contributed by atoms with van der Waals surface area (Å²) in [5.41, 5.74) is 4.95. The third-order valence-corrected chi connectivity index (χ3v) is 5.12. The van der Waals surface area contributed by atoms with E-state index in [0.29, 0.717) is 0 Å². The molecule has 26 heavy (non-hydrogen) atoms. The van der Waals surface area contributed by atoms with Crippen LogP contribution in [0.15, 0.2) is 35.2 Å². The van der Waals surface area contributed by atoms with Crippen molar-refractivity contribution in [3.8, 4) is 5.69 Å². The molecule has 0 unspecified atom stereocenters. The Morgan fingerprint density at radius 3 is 2.42 bits per heavy atom. The van der Waals surface area contributed by atoms with E-state index >= 15 is 0 Å². The van der Waals surface area contributed by atoms with Crippen molar-refractivity contribution in [2.75, 3.05) is 6.54 Å². The van der Waals surface area contributed by atoms with Crippen molar-refractivity contribution >= 4 is 35.0 Å². The first-order valence-corrected chi connectivity index (χ1v) is 8.82. The van der Waals surface area contributed by atoms with Crippen LogP contribution in [0.5, 0.6) is 0 Å². The molecule has 0 spiro atoms. The normalized spacial score (nSPS) is 16.0. The highest BCUT2D eigenvalue weighted by Gasteiger charge is 2.36.